The molecule has 7 heteroatoms. The first-order valence-corrected chi connectivity index (χ1v) is 7.39. The van der Waals surface area contributed by atoms with Gasteiger partial charge in [0.1, 0.15) is 0 Å². The zero-order chi connectivity index (χ0) is 12.9. The Labute approximate surface area is 104 Å². The summed E-state index contributed by atoms with van der Waals surface area (Å²) in [5.74, 6) is 0.744. The summed E-state index contributed by atoms with van der Waals surface area (Å²) < 4.78 is 32.7. The lowest BCUT2D eigenvalue weighted by molar-refractivity contribution is 0.194. The van der Waals surface area contributed by atoms with Crippen molar-refractivity contribution < 1.29 is 13.2 Å². The highest BCUT2D eigenvalue weighted by Crippen LogP contribution is 2.23. The Balaban J connectivity index is 2.54. The maximum atomic E-state index is 11.9. The van der Waals surface area contributed by atoms with E-state index in [9.17, 15) is 8.42 Å². The molecule has 0 aromatic heterocycles. The molecule has 2 atom stereocenters. The van der Waals surface area contributed by atoms with Gasteiger partial charge in [-0.3, -0.25) is 0 Å². The van der Waals surface area contributed by atoms with E-state index in [1.54, 1.807) is 7.11 Å². The molecule has 0 radical (unpaired) electrons. The number of nitrogens with one attached hydrogen (secondary N) is 1. The second-order valence-corrected chi connectivity index (χ2v) is 6.27. The fraction of sp³-hybridized carbons (Fsp3) is 1.00. The Bertz CT molecular complexity index is 321. The maximum Gasteiger partial charge on any atom is 0.279 e. The molecule has 1 aliphatic rings. The molecule has 0 saturated carbocycles. The summed E-state index contributed by atoms with van der Waals surface area (Å²) in [6.45, 7) is 4.42. The van der Waals surface area contributed by atoms with Crippen molar-refractivity contribution in [2.24, 2.45) is 17.6 Å². The molecule has 1 saturated heterocycles. The third-order valence-corrected chi connectivity index (χ3v) is 4.89. The third kappa shape index (κ3) is 4.18. The van der Waals surface area contributed by atoms with Crippen LogP contribution in [0.2, 0.25) is 0 Å². The number of piperidine rings is 1. The van der Waals surface area contributed by atoms with Gasteiger partial charge >= 0.3 is 0 Å². The molecule has 1 rings (SSSR count). The molecule has 0 spiro atoms. The predicted molar refractivity (Wildman–Crippen MR) is 66.7 cm³/mol. The molecular weight excluding hydrogens is 242 g/mol. The van der Waals surface area contributed by atoms with Gasteiger partial charge in [0.25, 0.3) is 10.2 Å². The maximum absolute atomic E-state index is 11.9. The van der Waals surface area contributed by atoms with Gasteiger partial charge in [0.05, 0.1) is 6.61 Å². The lowest BCUT2D eigenvalue weighted by Crippen LogP contribution is -2.50. The summed E-state index contributed by atoms with van der Waals surface area (Å²) in [6, 6.07) is 0. The van der Waals surface area contributed by atoms with Crippen molar-refractivity contribution in [3.63, 3.8) is 0 Å². The molecular formula is C10H23N3O3S. The molecule has 1 heterocycles. The summed E-state index contributed by atoms with van der Waals surface area (Å²) in [5.41, 5.74) is 5.66. The van der Waals surface area contributed by atoms with E-state index in [1.807, 2.05) is 0 Å². The zero-order valence-electron chi connectivity index (χ0n) is 10.6. The molecule has 3 N–H and O–H groups in total. The fourth-order valence-corrected chi connectivity index (χ4v) is 3.26. The van der Waals surface area contributed by atoms with E-state index < -0.39 is 10.2 Å². The van der Waals surface area contributed by atoms with Gasteiger partial charge in [0.15, 0.2) is 0 Å². The summed E-state index contributed by atoms with van der Waals surface area (Å²) >= 11 is 0. The molecule has 0 aliphatic carbocycles. The van der Waals surface area contributed by atoms with Gasteiger partial charge in [0.2, 0.25) is 0 Å². The number of methoxy groups -OCH3 is 1. The zero-order valence-corrected chi connectivity index (χ0v) is 11.4. The number of ether oxygens (including phenoxy) is 1. The highest BCUT2D eigenvalue weighted by atomic mass is 32.2. The van der Waals surface area contributed by atoms with E-state index >= 15 is 0 Å². The molecule has 0 aromatic rings. The Kier molecular flexibility index (Phi) is 5.81. The minimum atomic E-state index is -3.37. The average Bonchev–Trinajstić information content (AvgIpc) is 2.29. The molecule has 1 aliphatic heterocycles. The quantitative estimate of drug-likeness (QED) is 0.627. The molecule has 17 heavy (non-hydrogen) atoms. The van der Waals surface area contributed by atoms with Gasteiger partial charge < -0.3 is 10.5 Å². The molecule has 102 valence electrons. The van der Waals surface area contributed by atoms with Crippen LogP contribution < -0.4 is 10.5 Å². The monoisotopic (exact) mass is 265 g/mol. The summed E-state index contributed by atoms with van der Waals surface area (Å²) in [7, 11) is -1.83. The molecule has 0 bridgehead atoms. The SMILES string of the molecule is COCCNS(=O)(=O)N1CCC(C)C(CN)C1. The van der Waals surface area contributed by atoms with Crippen LogP contribution in [0.4, 0.5) is 0 Å². The summed E-state index contributed by atoms with van der Waals surface area (Å²) in [6.07, 6.45) is 0.868. The average molecular weight is 265 g/mol. The van der Waals surface area contributed by atoms with Crippen LogP contribution in [0.15, 0.2) is 0 Å². The predicted octanol–water partition coefficient (Wildman–Crippen LogP) is -0.616. The van der Waals surface area contributed by atoms with Gasteiger partial charge in [-0.25, -0.2) is 0 Å². The normalized spacial score (nSPS) is 27.2. The number of hydrogen-bond acceptors (Lipinski definition) is 4. The van der Waals surface area contributed by atoms with Crippen molar-refractivity contribution >= 4 is 10.2 Å². The van der Waals surface area contributed by atoms with E-state index in [0.29, 0.717) is 38.7 Å². The lowest BCUT2D eigenvalue weighted by Gasteiger charge is -2.35. The third-order valence-electron chi connectivity index (χ3n) is 3.31. The topological polar surface area (TPSA) is 84.7 Å². The smallest absolute Gasteiger partial charge is 0.279 e. The van der Waals surface area contributed by atoms with Crippen molar-refractivity contribution in [2.75, 3.05) is 39.9 Å². The minimum Gasteiger partial charge on any atom is -0.383 e. The molecule has 0 aromatic carbocycles. The number of nitrogens with two attached hydrogens (primary N) is 1. The van der Waals surface area contributed by atoms with E-state index in [1.165, 1.54) is 4.31 Å². The Hall–Kier alpha value is -0.210. The van der Waals surface area contributed by atoms with Crippen LogP contribution in [0.5, 0.6) is 0 Å². The van der Waals surface area contributed by atoms with E-state index in [2.05, 4.69) is 11.6 Å². The van der Waals surface area contributed by atoms with Crippen LogP contribution in [-0.4, -0.2) is 52.6 Å². The summed E-state index contributed by atoms with van der Waals surface area (Å²) in [4.78, 5) is 0. The highest BCUT2D eigenvalue weighted by Gasteiger charge is 2.31. The van der Waals surface area contributed by atoms with Crippen LogP contribution in [0.1, 0.15) is 13.3 Å². The van der Waals surface area contributed by atoms with Crippen LogP contribution in [0.25, 0.3) is 0 Å². The fourth-order valence-electron chi connectivity index (χ4n) is 2.01. The van der Waals surface area contributed by atoms with Crippen LogP contribution in [-0.2, 0) is 14.9 Å². The van der Waals surface area contributed by atoms with Gasteiger partial charge in [-0.2, -0.15) is 17.4 Å². The number of hydrogen-bond donors (Lipinski definition) is 2. The van der Waals surface area contributed by atoms with Crippen molar-refractivity contribution in [1.29, 1.82) is 0 Å². The first-order chi connectivity index (χ1) is 8.01. The Morgan fingerprint density at radius 2 is 2.24 bits per heavy atom. The standard InChI is InChI=1S/C10H23N3O3S/c1-9-3-5-13(8-10(9)7-11)17(14,15)12-4-6-16-2/h9-10,12H,3-8,11H2,1-2H3. The molecule has 0 amide bonds. The second kappa shape index (κ2) is 6.65. The van der Waals surface area contributed by atoms with E-state index in [-0.39, 0.29) is 5.92 Å². The van der Waals surface area contributed by atoms with Crippen molar-refractivity contribution in [2.45, 2.75) is 13.3 Å². The minimum absolute atomic E-state index is 0.253. The van der Waals surface area contributed by atoms with Gasteiger partial charge in [0, 0.05) is 26.7 Å². The Morgan fingerprint density at radius 1 is 1.53 bits per heavy atom. The molecule has 1 fully saturated rings. The first-order valence-electron chi connectivity index (χ1n) is 5.95. The van der Waals surface area contributed by atoms with Crippen LogP contribution in [0, 0.1) is 11.8 Å². The van der Waals surface area contributed by atoms with E-state index in [0.717, 1.165) is 6.42 Å². The van der Waals surface area contributed by atoms with E-state index in [4.69, 9.17) is 10.5 Å². The second-order valence-electron chi connectivity index (χ2n) is 4.51. The van der Waals surface area contributed by atoms with Crippen molar-refractivity contribution in [3.05, 3.63) is 0 Å². The van der Waals surface area contributed by atoms with Crippen LogP contribution in [0.3, 0.4) is 0 Å². The highest BCUT2D eigenvalue weighted by molar-refractivity contribution is 7.87. The van der Waals surface area contributed by atoms with Gasteiger partial charge in [-0.15, -0.1) is 0 Å². The van der Waals surface area contributed by atoms with Crippen LogP contribution >= 0.6 is 0 Å². The molecule has 6 nitrogen and oxygen atoms in total. The van der Waals surface area contributed by atoms with Gasteiger partial charge in [-0.1, -0.05) is 6.92 Å². The van der Waals surface area contributed by atoms with Gasteiger partial charge in [-0.05, 0) is 24.8 Å². The number of rotatable bonds is 6. The first kappa shape index (κ1) is 14.8. The largest absolute Gasteiger partial charge is 0.383 e. The molecule has 2 unspecified atom stereocenters. The number of nitrogens with zero attached hydrogens (tertiary/aromatic N) is 1. The lowest BCUT2D eigenvalue weighted by atomic mass is 9.88. The Morgan fingerprint density at radius 3 is 2.82 bits per heavy atom. The summed E-state index contributed by atoms with van der Waals surface area (Å²) in [5, 5.41) is 0. The van der Waals surface area contributed by atoms with Crippen molar-refractivity contribution in [1.82, 2.24) is 9.03 Å². The van der Waals surface area contributed by atoms with Crippen molar-refractivity contribution in [3.8, 4) is 0 Å².